The van der Waals surface area contributed by atoms with Gasteiger partial charge in [-0.3, -0.25) is 9.69 Å². The Morgan fingerprint density at radius 1 is 1.27 bits per heavy atom. The third kappa shape index (κ3) is 4.78. The van der Waals surface area contributed by atoms with E-state index in [4.69, 9.17) is 11.6 Å². The fourth-order valence-corrected chi connectivity index (χ4v) is 4.22. The number of hydrogen-bond donors (Lipinski definition) is 0. The van der Waals surface area contributed by atoms with Crippen molar-refractivity contribution in [1.29, 1.82) is 0 Å². The standard InChI is InChI=1S/C18H18ClF3N2OS/c19-13-5-7-14(8-6-13)24(12-18(20,21)22)17(25)11-23-9-1-3-15(23)16-4-2-10-26-16/h2,4-8,10,15H,1,3,9,11-12H2/t15-/m0/s1. The molecule has 1 atom stereocenters. The minimum atomic E-state index is -4.48. The van der Waals surface area contributed by atoms with Crippen molar-refractivity contribution >= 4 is 34.5 Å². The van der Waals surface area contributed by atoms with Crippen molar-refractivity contribution in [2.45, 2.75) is 25.1 Å². The number of amides is 1. The molecule has 8 heteroatoms. The third-order valence-electron chi connectivity index (χ3n) is 4.35. The van der Waals surface area contributed by atoms with Crippen molar-refractivity contribution in [2.24, 2.45) is 0 Å². The highest BCUT2D eigenvalue weighted by atomic mass is 35.5. The van der Waals surface area contributed by atoms with E-state index in [-0.39, 0.29) is 18.3 Å². The van der Waals surface area contributed by atoms with Crippen LogP contribution >= 0.6 is 22.9 Å². The quantitative estimate of drug-likeness (QED) is 0.691. The van der Waals surface area contributed by atoms with Gasteiger partial charge < -0.3 is 4.90 Å². The maximum absolute atomic E-state index is 13.0. The summed E-state index contributed by atoms with van der Waals surface area (Å²) < 4.78 is 39.0. The smallest absolute Gasteiger partial charge is 0.302 e. The minimum Gasteiger partial charge on any atom is -0.302 e. The molecule has 0 spiro atoms. The normalized spacial score (nSPS) is 18.2. The molecule has 0 unspecified atom stereocenters. The molecule has 1 aliphatic rings. The Balaban J connectivity index is 1.77. The Morgan fingerprint density at radius 2 is 2.00 bits per heavy atom. The summed E-state index contributed by atoms with van der Waals surface area (Å²) in [5, 5.41) is 2.38. The lowest BCUT2D eigenvalue weighted by atomic mass is 10.2. The van der Waals surface area contributed by atoms with Crippen LogP contribution in [0.4, 0.5) is 18.9 Å². The molecule has 26 heavy (non-hydrogen) atoms. The second kappa shape index (κ2) is 7.98. The summed E-state index contributed by atoms with van der Waals surface area (Å²) in [6, 6.07) is 9.89. The van der Waals surface area contributed by atoms with Gasteiger partial charge in [0.1, 0.15) is 6.54 Å². The van der Waals surface area contributed by atoms with E-state index in [9.17, 15) is 18.0 Å². The molecule has 3 rings (SSSR count). The molecule has 1 aromatic carbocycles. The minimum absolute atomic E-state index is 0.0404. The van der Waals surface area contributed by atoms with Crippen molar-refractivity contribution in [2.75, 3.05) is 24.5 Å². The fraction of sp³-hybridized carbons (Fsp3) is 0.389. The van der Waals surface area contributed by atoms with Crippen molar-refractivity contribution in [3.63, 3.8) is 0 Å². The molecule has 140 valence electrons. The Bertz CT molecular complexity index is 734. The van der Waals surface area contributed by atoms with Gasteiger partial charge in [-0.15, -0.1) is 11.3 Å². The van der Waals surface area contributed by atoms with E-state index >= 15 is 0 Å². The molecule has 0 aliphatic carbocycles. The van der Waals surface area contributed by atoms with Gasteiger partial charge in [0.15, 0.2) is 0 Å². The van der Waals surface area contributed by atoms with E-state index in [0.29, 0.717) is 11.6 Å². The molecule has 0 radical (unpaired) electrons. The number of rotatable bonds is 5. The number of alkyl halides is 3. The number of nitrogens with zero attached hydrogens (tertiary/aromatic N) is 2. The lowest BCUT2D eigenvalue weighted by molar-refractivity contribution is -0.133. The molecule has 3 nitrogen and oxygen atoms in total. The first kappa shape index (κ1) is 19.2. The molecule has 1 aromatic heterocycles. The van der Waals surface area contributed by atoms with Gasteiger partial charge in [0.25, 0.3) is 0 Å². The number of carbonyl (C=O) groups is 1. The maximum Gasteiger partial charge on any atom is 0.406 e. The highest BCUT2D eigenvalue weighted by molar-refractivity contribution is 7.10. The van der Waals surface area contributed by atoms with Gasteiger partial charge in [-0.25, -0.2) is 0 Å². The number of carbonyl (C=O) groups excluding carboxylic acids is 1. The summed E-state index contributed by atoms with van der Waals surface area (Å²) in [5.74, 6) is -0.562. The Morgan fingerprint density at radius 3 is 2.62 bits per heavy atom. The van der Waals surface area contributed by atoms with E-state index < -0.39 is 18.6 Å². The van der Waals surface area contributed by atoms with E-state index in [1.54, 1.807) is 11.3 Å². The third-order valence-corrected chi connectivity index (χ3v) is 5.58. The molecule has 0 N–H and O–H groups in total. The summed E-state index contributed by atoms with van der Waals surface area (Å²) in [6.45, 7) is -0.652. The van der Waals surface area contributed by atoms with E-state index in [0.717, 1.165) is 22.6 Å². The zero-order valence-electron chi connectivity index (χ0n) is 13.9. The zero-order chi connectivity index (χ0) is 18.7. The summed E-state index contributed by atoms with van der Waals surface area (Å²) in [6.07, 6.45) is -2.64. The largest absolute Gasteiger partial charge is 0.406 e. The molecule has 1 aliphatic heterocycles. The first-order valence-electron chi connectivity index (χ1n) is 8.23. The van der Waals surface area contributed by atoms with Gasteiger partial charge in [0, 0.05) is 21.6 Å². The van der Waals surface area contributed by atoms with Crippen LogP contribution < -0.4 is 4.90 Å². The number of benzene rings is 1. The van der Waals surface area contributed by atoms with Gasteiger partial charge in [-0.1, -0.05) is 17.7 Å². The summed E-state index contributed by atoms with van der Waals surface area (Å²) >= 11 is 7.42. The monoisotopic (exact) mass is 402 g/mol. The zero-order valence-corrected chi connectivity index (χ0v) is 15.4. The number of halogens is 4. The van der Waals surface area contributed by atoms with Crippen LogP contribution in [0, 0.1) is 0 Å². The molecule has 2 aromatic rings. The van der Waals surface area contributed by atoms with Crippen LogP contribution in [0.2, 0.25) is 5.02 Å². The van der Waals surface area contributed by atoms with E-state index in [2.05, 4.69) is 0 Å². The van der Waals surface area contributed by atoms with Crippen molar-refractivity contribution in [1.82, 2.24) is 4.90 Å². The summed E-state index contributed by atoms with van der Waals surface area (Å²) in [5.41, 5.74) is 0.198. The number of likely N-dealkylation sites (tertiary alicyclic amines) is 1. The SMILES string of the molecule is O=C(CN1CCC[C@H]1c1cccs1)N(CC(F)(F)F)c1ccc(Cl)cc1. The Hall–Kier alpha value is -1.57. The Labute approximate surface area is 159 Å². The van der Waals surface area contributed by atoms with Crippen LogP contribution in [0.25, 0.3) is 0 Å². The first-order chi connectivity index (χ1) is 12.3. The van der Waals surface area contributed by atoms with E-state index in [1.165, 1.54) is 24.3 Å². The maximum atomic E-state index is 13.0. The molecule has 2 heterocycles. The molecule has 1 saturated heterocycles. The van der Waals surface area contributed by atoms with Crippen LogP contribution in [-0.4, -0.2) is 36.6 Å². The predicted molar refractivity (Wildman–Crippen MR) is 97.7 cm³/mol. The van der Waals surface area contributed by atoms with Gasteiger partial charge in [0.2, 0.25) is 5.91 Å². The van der Waals surface area contributed by atoms with Crippen molar-refractivity contribution in [3.8, 4) is 0 Å². The highest BCUT2D eigenvalue weighted by Crippen LogP contribution is 2.34. The highest BCUT2D eigenvalue weighted by Gasteiger charge is 2.36. The van der Waals surface area contributed by atoms with Crippen LogP contribution in [0.15, 0.2) is 41.8 Å². The fourth-order valence-electron chi connectivity index (χ4n) is 3.20. The number of anilines is 1. The average molecular weight is 403 g/mol. The number of thiophene rings is 1. The van der Waals surface area contributed by atoms with Crippen LogP contribution in [-0.2, 0) is 4.79 Å². The van der Waals surface area contributed by atoms with E-state index in [1.807, 2.05) is 22.4 Å². The molecule has 0 bridgehead atoms. The second-order valence-electron chi connectivity index (χ2n) is 6.22. The molecule has 1 fully saturated rings. The van der Waals surface area contributed by atoms with Crippen LogP contribution in [0.1, 0.15) is 23.8 Å². The predicted octanol–water partition coefficient (Wildman–Crippen LogP) is 5.13. The van der Waals surface area contributed by atoms with Gasteiger partial charge in [-0.05, 0) is 55.1 Å². The lowest BCUT2D eigenvalue weighted by Crippen LogP contribution is -2.44. The first-order valence-corrected chi connectivity index (χ1v) is 9.49. The van der Waals surface area contributed by atoms with Gasteiger partial charge in [0.05, 0.1) is 6.54 Å². The molecule has 0 saturated carbocycles. The molecular weight excluding hydrogens is 385 g/mol. The topological polar surface area (TPSA) is 23.6 Å². The number of hydrogen-bond acceptors (Lipinski definition) is 3. The van der Waals surface area contributed by atoms with Gasteiger partial charge >= 0.3 is 6.18 Å². The van der Waals surface area contributed by atoms with Gasteiger partial charge in [-0.2, -0.15) is 13.2 Å². The molecule has 1 amide bonds. The second-order valence-corrected chi connectivity index (χ2v) is 7.63. The van der Waals surface area contributed by atoms with Crippen LogP contribution in [0.3, 0.4) is 0 Å². The Kier molecular flexibility index (Phi) is 5.89. The summed E-state index contributed by atoms with van der Waals surface area (Å²) in [7, 11) is 0. The van der Waals surface area contributed by atoms with Crippen molar-refractivity contribution in [3.05, 3.63) is 51.7 Å². The lowest BCUT2D eigenvalue weighted by Gasteiger charge is -2.29. The summed E-state index contributed by atoms with van der Waals surface area (Å²) in [4.78, 5) is 16.6. The van der Waals surface area contributed by atoms with Crippen LogP contribution in [0.5, 0.6) is 0 Å². The average Bonchev–Trinajstić information content (AvgIpc) is 3.23. The molecular formula is C18H18ClF3N2OS. The van der Waals surface area contributed by atoms with Crippen molar-refractivity contribution < 1.29 is 18.0 Å².